The quantitative estimate of drug-likeness (QED) is 0.385. The van der Waals surface area contributed by atoms with E-state index in [2.05, 4.69) is 25.1 Å². The zero-order valence-electron chi connectivity index (χ0n) is 20.0. The first-order valence-corrected chi connectivity index (χ1v) is 13.8. The molecule has 1 heteroatoms. The molecule has 170 valence electrons. The van der Waals surface area contributed by atoms with Crippen molar-refractivity contribution >= 4 is 0 Å². The van der Waals surface area contributed by atoms with E-state index in [9.17, 15) is 0 Å². The number of unbranched alkanes of at least 4 members (excludes halogenated alkanes) is 4. The van der Waals surface area contributed by atoms with Crippen LogP contribution in [0, 0.1) is 40.9 Å². The fourth-order valence-corrected chi connectivity index (χ4v) is 7.47. The van der Waals surface area contributed by atoms with Crippen molar-refractivity contribution in [3.63, 3.8) is 0 Å². The van der Waals surface area contributed by atoms with Crippen LogP contribution in [0.15, 0.2) is 24.3 Å². The van der Waals surface area contributed by atoms with Gasteiger partial charge in [0.2, 0.25) is 0 Å². The molecule has 0 heterocycles. The minimum Gasteiger partial charge on any atom is -0.192 e. The van der Waals surface area contributed by atoms with Gasteiger partial charge in [-0.25, -0.2) is 0 Å². The van der Waals surface area contributed by atoms with Crippen LogP contribution in [0.1, 0.15) is 127 Å². The highest BCUT2D eigenvalue weighted by molar-refractivity contribution is 5.33. The summed E-state index contributed by atoms with van der Waals surface area (Å²) in [6, 6.07) is 10.7. The molecule has 0 amide bonds. The number of fused-ring (bicyclic) bond motifs is 1. The number of nitriles is 1. The van der Waals surface area contributed by atoms with Crippen molar-refractivity contribution in [1.82, 2.24) is 0 Å². The summed E-state index contributed by atoms with van der Waals surface area (Å²) < 4.78 is 0. The average molecular weight is 420 g/mol. The Morgan fingerprint density at radius 1 is 0.710 bits per heavy atom. The molecule has 4 rings (SSSR count). The third-order valence-electron chi connectivity index (χ3n) is 9.44. The Labute approximate surface area is 192 Å². The molecule has 0 radical (unpaired) electrons. The molecule has 3 saturated carbocycles. The van der Waals surface area contributed by atoms with Crippen LogP contribution in [-0.4, -0.2) is 0 Å². The lowest BCUT2D eigenvalue weighted by Crippen LogP contribution is -2.34. The molecule has 4 atom stereocenters. The van der Waals surface area contributed by atoms with Crippen molar-refractivity contribution in [2.24, 2.45) is 29.6 Å². The fourth-order valence-electron chi connectivity index (χ4n) is 7.47. The van der Waals surface area contributed by atoms with Crippen LogP contribution in [0.5, 0.6) is 0 Å². The summed E-state index contributed by atoms with van der Waals surface area (Å²) in [6.45, 7) is 2.32. The van der Waals surface area contributed by atoms with E-state index in [0.29, 0.717) is 0 Å². The molecule has 0 aliphatic heterocycles. The van der Waals surface area contributed by atoms with Crippen molar-refractivity contribution in [2.75, 3.05) is 0 Å². The Balaban J connectivity index is 1.19. The summed E-state index contributed by atoms with van der Waals surface area (Å²) in [7, 11) is 0. The molecule has 0 saturated heterocycles. The second-order valence-electron chi connectivity index (χ2n) is 11.3. The number of nitrogens with zero attached hydrogens (tertiary/aromatic N) is 1. The highest BCUT2D eigenvalue weighted by atomic mass is 14.4. The second-order valence-corrected chi connectivity index (χ2v) is 11.3. The van der Waals surface area contributed by atoms with Gasteiger partial charge in [0.05, 0.1) is 11.6 Å². The van der Waals surface area contributed by atoms with E-state index < -0.39 is 0 Å². The molecular weight excluding hydrogens is 374 g/mol. The van der Waals surface area contributed by atoms with Crippen LogP contribution in [0.3, 0.4) is 0 Å². The lowest BCUT2D eigenvalue weighted by Gasteiger charge is -2.45. The average Bonchev–Trinajstić information content (AvgIpc) is 2.84. The smallest absolute Gasteiger partial charge is 0.0991 e. The van der Waals surface area contributed by atoms with E-state index in [1.165, 1.54) is 108 Å². The Hall–Kier alpha value is -1.29. The molecule has 1 aromatic carbocycles. The van der Waals surface area contributed by atoms with E-state index >= 15 is 0 Å². The molecule has 0 bridgehead atoms. The van der Waals surface area contributed by atoms with Crippen molar-refractivity contribution in [3.8, 4) is 6.07 Å². The van der Waals surface area contributed by atoms with Gasteiger partial charge >= 0.3 is 0 Å². The predicted octanol–water partition coefficient (Wildman–Crippen LogP) is 9.03. The van der Waals surface area contributed by atoms with Crippen molar-refractivity contribution in [3.05, 3.63) is 35.4 Å². The molecule has 0 N–H and O–H groups in total. The highest BCUT2D eigenvalue weighted by Gasteiger charge is 2.39. The van der Waals surface area contributed by atoms with Gasteiger partial charge in [-0.05, 0) is 105 Å². The Kier molecular flexibility index (Phi) is 8.52. The van der Waals surface area contributed by atoms with E-state index in [4.69, 9.17) is 5.26 Å². The molecule has 3 fully saturated rings. The maximum Gasteiger partial charge on any atom is 0.0991 e. The first-order valence-electron chi connectivity index (χ1n) is 13.8. The van der Waals surface area contributed by atoms with Crippen LogP contribution in [0.2, 0.25) is 0 Å². The van der Waals surface area contributed by atoms with Crippen molar-refractivity contribution in [2.45, 2.75) is 116 Å². The molecule has 4 unspecified atom stereocenters. The summed E-state index contributed by atoms with van der Waals surface area (Å²) in [5.74, 6) is 5.84. The Morgan fingerprint density at radius 2 is 1.32 bits per heavy atom. The van der Waals surface area contributed by atoms with Gasteiger partial charge in [0.15, 0.2) is 0 Å². The fraction of sp³-hybridized carbons (Fsp3) is 0.767. The molecular formula is C30H45N. The van der Waals surface area contributed by atoms with Crippen LogP contribution in [0.4, 0.5) is 0 Å². The Morgan fingerprint density at radius 3 is 2.03 bits per heavy atom. The third-order valence-corrected chi connectivity index (χ3v) is 9.44. The van der Waals surface area contributed by atoms with Gasteiger partial charge in [-0.2, -0.15) is 5.26 Å². The summed E-state index contributed by atoms with van der Waals surface area (Å²) in [6.07, 6.45) is 23.6. The second kappa shape index (κ2) is 11.5. The summed E-state index contributed by atoms with van der Waals surface area (Å²) in [5.41, 5.74) is 2.27. The standard InChI is InChI=1S/C30H45N/c1-2-3-4-5-6-7-23-8-12-25(13-9-23)27-16-18-30-21-28(17-19-29(30)20-27)26-14-10-24(22-31)11-15-26/h10-11,14-15,23,25,27-30H,2-9,12-13,16-21H2,1H3. The molecule has 1 aromatic rings. The minimum absolute atomic E-state index is 0.735. The van der Waals surface area contributed by atoms with Gasteiger partial charge in [0, 0.05) is 0 Å². The summed E-state index contributed by atoms with van der Waals surface area (Å²) in [5, 5.41) is 9.06. The lowest BCUT2D eigenvalue weighted by atomic mass is 9.60. The van der Waals surface area contributed by atoms with Crippen LogP contribution >= 0.6 is 0 Å². The van der Waals surface area contributed by atoms with Crippen molar-refractivity contribution in [1.29, 1.82) is 5.26 Å². The molecule has 31 heavy (non-hydrogen) atoms. The van der Waals surface area contributed by atoms with Gasteiger partial charge in [-0.15, -0.1) is 0 Å². The van der Waals surface area contributed by atoms with Crippen LogP contribution in [-0.2, 0) is 0 Å². The maximum absolute atomic E-state index is 9.06. The number of hydrogen-bond acceptors (Lipinski definition) is 1. The first-order chi connectivity index (χ1) is 15.3. The predicted molar refractivity (Wildman–Crippen MR) is 131 cm³/mol. The third kappa shape index (κ3) is 6.15. The largest absolute Gasteiger partial charge is 0.192 e. The maximum atomic E-state index is 9.06. The SMILES string of the molecule is CCCCCCCC1CCC(C2CCC3CC(c4ccc(C#N)cc4)CCC3C2)CC1. The minimum atomic E-state index is 0.735. The zero-order valence-corrected chi connectivity index (χ0v) is 20.0. The number of benzene rings is 1. The Bertz CT molecular complexity index is 690. The van der Waals surface area contributed by atoms with Crippen molar-refractivity contribution < 1.29 is 0 Å². The van der Waals surface area contributed by atoms with Gasteiger partial charge < -0.3 is 0 Å². The van der Waals surface area contributed by atoms with E-state index in [0.717, 1.165) is 41.1 Å². The molecule has 0 spiro atoms. The van der Waals surface area contributed by atoms with Crippen LogP contribution < -0.4 is 0 Å². The molecule has 1 nitrogen and oxygen atoms in total. The normalized spacial score (nSPS) is 33.4. The number of rotatable bonds is 8. The highest BCUT2D eigenvalue weighted by Crippen LogP contribution is 2.51. The summed E-state index contributed by atoms with van der Waals surface area (Å²) in [4.78, 5) is 0. The van der Waals surface area contributed by atoms with Gasteiger partial charge in [0.1, 0.15) is 0 Å². The van der Waals surface area contributed by atoms with E-state index in [1.807, 2.05) is 12.1 Å². The number of hydrogen-bond donors (Lipinski definition) is 0. The van der Waals surface area contributed by atoms with E-state index in [1.54, 1.807) is 0 Å². The monoisotopic (exact) mass is 419 g/mol. The van der Waals surface area contributed by atoms with E-state index in [-0.39, 0.29) is 0 Å². The molecule has 3 aliphatic rings. The van der Waals surface area contributed by atoms with Crippen LogP contribution in [0.25, 0.3) is 0 Å². The zero-order chi connectivity index (χ0) is 21.5. The van der Waals surface area contributed by atoms with Gasteiger partial charge in [-0.3, -0.25) is 0 Å². The topological polar surface area (TPSA) is 23.8 Å². The van der Waals surface area contributed by atoms with Gasteiger partial charge in [0.25, 0.3) is 0 Å². The lowest BCUT2D eigenvalue weighted by molar-refractivity contribution is 0.0710. The molecule has 0 aromatic heterocycles. The van der Waals surface area contributed by atoms with Gasteiger partial charge in [-0.1, -0.05) is 70.4 Å². The first kappa shape index (κ1) is 22.9. The molecule has 3 aliphatic carbocycles. The summed E-state index contributed by atoms with van der Waals surface area (Å²) >= 11 is 0.